The van der Waals surface area contributed by atoms with Gasteiger partial charge in [0.1, 0.15) is 17.3 Å². The highest BCUT2D eigenvalue weighted by Gasteiger charge is 2.46. The van der Waals surface area contributed by atoms with Crippen molar-refractivity contribution in [2.45, 2.75) is 19.4 Å². The lowest BCUT2D eigenvalue weighted by Gasteiger charge is -2.27. The lowest BCUT2D eigenvalue weighted by atomic mass is 9.94. The molecule has 1 aliphatic heterocycles. The SMILES string of the molecule is CCOc1ccc(/C(O)=C2\C(=O)C(=O)N(CCCN(C)C)[C@H]2c2ccccc2OC)cc1Cl. The zero-order valence-corrected chi connectivity index (χ0v) is 20.1. The third kappa shape index (κ3) is 5.15. The number of ether oxygens (including phenoxy) is 2. The maximum atomic E-state index is 13.1. The van der Waals surface area contributed by atoms with Gasteiger partial charge >= 0.3 is 0 Å². The van der Waals surface area contributed by atoms with Crippen molar-refractivity contribution in [2.75, 3.05) is 40.9 Å². The second kappa shape index (κ2) is 10.7. The molecule has 0 aromatic heterocycles. The summed E-state index contributed by atoms with van der Waals surface area (Å²) in [5.41, 5.74) is 0.965. The molecule has 1 amide bonds. The molecular formula is C25H29ClN2O5. The fourth-order valence-corrected chi connectivity index (χ4v) is 4.19. The van der Waals surface area contributed by atoms with E-state index in [0.29, 0.717) is 47.2 Å². The molecule has 1 heterocycles. The van der Waals surface area contributed by atoms with E-state index in [9.17, 15) is 14.7 Å². The van der Waals surface area contributed by atoms with Gasteiger partial charge in [-0.25, -0.2) is 0 Å². The van der Waals surface area contributed by atoms with Crippen LogP contribution in [-0.2, 0) is 9.59 Å². The molecule has 1 aliphatic rings. The van der Waals surface area contributed by atoms with Gasteiger partial charge in [-0.1, -0.05) is 29.8 Å². The Morgan fingerprint density at radius 3 is 2.52 bits per heavy atom. The number of amides is 1. The number of para-hydroxylation sites is 1. The zero-order chi connectivity index (χ0) is 24.1. The highest BCUT2D eigenvalue weighted by Crippen LogP contribution is 2.43. The Hall–Kier alpha value is -3.03. The molecule has 2 aromatic rings. The minimum Gasteiger partial charge on any atom is -0.507 e. The second-order valence-electron chi connectivity index (χ2n) is 7.97. The van der Waals surface area contributed by atoms with E-state index < -0.39 is 17.7 Å². The van der Waals surface area contributed by atoms with E-state index in [1.165, 1.54) is 18.1 Å². The molecule has 1 fully saturated rings. The third-order valence-corrected chi connectivity index (χ3v) is 5.78. The molecule has 176 valence electrons. The van der Waals surface area contributed by atoms with Crippen LogP contribution in [0, 0.1) is 0 Å². The summed E-state index contributed by atoms with van der Waals surface area (Å²) in [6, 6.07) is 11.2. The summed E-state index contributed by atoms with van der Waals surface area (Å²) >= 11 is 6.31. The molecule has 0 radical (unpaired) electrons. The largest absolute Gasteiger partial charge is 0.507 e. The summed E-state index contributed by atoms with van der Waals surface area (Å²) in [6.07, 6.45) is 0.667. The summed E-state index contributed by atoms with van der Waals surface area (Å²) in [5.74, 6) is -0.676. The number of benzene rings is 2. The minimum absolute atomic E-state index is 0.00887. The maximum Gasteiger partial charge on any atom is 0.295 e. The molecule has 0 unspecified atom stereocenters. The summed E-state index contributed by atoms with van der Waals surface area (Å²) in [6.45, 7) is 3.38. The van der Waals surface area contributed by atoms with E-state index in [2.05, 4.69) is 0 Å². The lowest BCUT2D eigenvalue weighted by Crippen LogP contribution is -2.32. The van der Waals surface area contributed by atoms with Crippen LogP contribution in [0.25, 0.3) is 5.76 Å². The van der Waals surface area contributed by atoms with Crippen molar-refractivity contribution in [3.05, 3.63) is 64.2 Å². The fraction of sp³-hybridized carbons (Fsp3) is 0.360. The average Bonchev–Trinajstić information content (AvgIpc) is 3.04. The zero-order valence-electron chi connectivity index (χ0n) is 19.3. The van der Waals surface area contributed by atoms with Gasteiger partial charge in [0.05, 0.1) is 30.4 Å². The van der Waals surface area contributed by atoms with E-state index in [0.717, 1.165) is 6.54 Å². The number of hydrogen-bond donors (Lipinski definition) is 1. The Morgan fingerprint density at radius 2 is 1.88 bits per heavy atom. The number of Topliss-reactive ketones (excluding diaryl/α,β-unsaturated/α-hetero) is 1. The number of methoxy groups -OCH3 is 1. The first kappa shape index (κ1) is 24.6. The van der Waals surface area contributed by atoms with Gasteiger partial charge in [-0.05, 0) is 58.3 Å². The van der Waals surface area contributed by atoms with Crippen molar-refractivity contribution >= 4 is 29.1 Å². The first-order chi connectivity index (χ1) is 15.8. The Bertz CT molecular complexity index is 1070. The topological polar surface area (TPSA) is 79.3 Å². The molecule has 0 aliphatic carbocycles. The van der Waals surface area contributed by atoms with Crippen LogP contribution in [0.2, 0.25) is 5.02 Å². The van der Waals surface area contributed by atoms with Gasteiger partial charge in [-0.15, -0.1) is 0 Å². The molecule has 1 atom stereocenters. The number of rotatable bonds is 9. The number of carbonyl (C=O) groups is 2. The number of halogens is 1. The molecule has 0 saturated carbocycles. The van der Waals surface area contributed by atoms with Crippen LogP contribution in [0.1, 0.15) is 30.5 Å². The van der Waals surface area contributed by atoms with Crippen LogP contribution in [-0.4, -0.2) is 67.5 Å². The molecule has 7 nitrogen and oxygen atoms in total. The molecule has 33 heavy (non-hydrogen) atoms. The predicted octanol–water partition coefficient (Wildman–Crippen LogP) is 4.12. The van der Waals surface area contributed by atoms with Gasteiger partial charge in [-0.2, -0.15) is 0 Å². The molecule has 1 N–H and O–H groups in total. The van der Waals surface area contributed by atoms with Gasteiger partial charge in [-0.3, -0.25) is 9.59 Å². The molecule has 1 saturated heterocycles. The molecule has 0 bridgehead atoms. The van der Waals surface area contributed by atoms with Crippen molar-refractivity contribution in [1.29, 1.82) is 0 Å². The smallest absolute Gasteiger partial charge is 0.295 e. The van der Waals surface area contributed by atoms with Crippen LogP contribution >= 0.6 is 11.6 Å². The number of aliphatic hydroxyl groups is 1. The van der Waals surface area contributed by atoms with Crippen LogP contribution in [0.15, 0.2) is 48.0 Å². The van der Waals surface area contributed by atoms with Crippen LogP contribution in [0.3, 0.4) is 0 Å². The Balaban J connectivity index is 2.13. The van der Waals surface area contributed by atoms with Gasteiger partial charge < -0.3 is 24.4 Å². The van der Waals surface area contributed by atoms with Gasteiger partial charge in [0, 0.05) is 17.7 Å². The molecule has 2 aromatic carbocycles. The summed E-state index contributed by atoms with van der Waals surface area (Å²) in [4.78, 5) is 29.7. The van der Waals surface area contributed by atoms with Crippen molar-refractivity contribution < 1.29 is 24.2 Å². The highest BCUT2D eigenvalue weighted by atomic mass is 35.5. The molecular weight excluding hydrogens is 444 g/mol. The highest BCUT2D eigenvalue weighted by molar-refractivity contribution is 6.46. The number of aliphatic hydroxyl groups excluding tert-OH is 1. The van der Waals surface area contributed by atoms with Crippen LogP contribution in [0.5, 0.6) is 11.5 Å². The number of likely N-dealkylation sites (tertiary alicyclic amines) is 1. The van der Waals surface area contributed by atoms with E-state index in [1.54, 1.807) is 24.3 Å². The minimum atomic E-state index is -0.784. The first-order valence-electron chi connectivity index (χ1n) is 10.8. The average molecular weight is 473 g/mol. The van der Waals surface area contributed by atoms with Crippen molar-refractivity contribution in [1.82, 2.24) is 9.80 Å². The maximum absolute atomic E-state index is 13.1. The standard InChI is InChI=1S/C25H29ClN2O5/c1-5-33-20-12-11-16(15-18(20)26)23(29)21-22(17-9-6-7-10-19(17)32-4)28(25(31)24(21)30)14-8-13-27(2)3/h6-7,9-12,15,22,29H,5,8,13-14H2,1-4H3/b23-21+/t22-/m0/s1. The Kier molecular flexibility index (Phi) is 8.00. The number of carbonyl (C=O) groups excluding carboxylic acids is 2. The van der Waals surface area contributed by atoms with Crippen molar-refractivity contribution in [3.8, 4) is 11.5 Å². The predicted molar refractivity (Wildman–Crippen MR) is 128 cm³/mol. The molecule has 3 rings (SSSR count). The molecule has 8 heteroatoms. The number of ketones is 1. The van der Waals surface area contributed by atoms with Crippen LogP contribution < -0.4 is 9.47 Å². The summed E-state index contributed by atoms with van der Waals surface area (Å²) in [5, 5.41) is 11.5. The quantitative estimate of drug-likeness (QED) is 0.336. The van der Waals surface area contributed by atoms with E-state index >= 15 is 0 Å². The van der Waals surface area contributed by atoms with Gasteiger partial charge in [0.2, 0.25) is 0 Å². The lowest BCUT2D eigenvalue weighted by molar-refractivity contribution is -0.140. The van der Waals surface area contributed by atoms with Gasteiger partial charge in [0.25, 0.3) is 11.7 Å². The monoisotopic (exact) mass is 472 g/mol. The van der Waals surface area contributed by atoms with E-state index in [-0.39, 0.29) is 11.3 Å². The molecule has 0 spiro atoms. The van der Waals surface area contributed by atoms with E-state index in [1.807, 2.05) is 38.1 Å². The Morgan fingerprint density at radius 1 is 1.15 bits per heavy atom. The second-order valence-corrected chi connectivity index (χ2v) is 8.38. The van der Waals surface area contributed by atoms with Crippen molar-refractivity contribution in [2.24, 2.45) is 0 Å². The number of nitrogens with zero attached hydrogens (tertiary/aromatic N) is 2. The first-order valence-corrected chi connectivity index (χ1v) is 11.2. The number of hydrogen-bond acceptors (Lipinski definition) is 6. The third-order valence-electron chi connectivity index (χ3n) is 5.48. The van der Waals surface area contributed by atoms with Crippen LogP contribution in [0.4, 0.5) is 0 Å². The van der Waals surface area contributed by atoms with Crippen molar-refractivity contribution in [3.63, 3.8) is 0 Å². The summed E-state index contributed by atoms with van der Waals surface area (Å²) in [7, 11) is 5.42. The van der Waals surface area contributed by atoms with Gasteiger partial charge in [0.15, 0.2) is 0 Å². The Labute approximate surface area is 199 Å². The normalized spacial score (nSPS) is 17.6. The van der Waals surface area contributed by atoms with E-state index in [4.69, 9.17) is 21.1 Å². The summed E-state index contributed by atoms with van der Waals surface area (Å²) < 4.78 is 11.0. The fourth-order valence-electron chi connectivity index (χ4n) is 3.96.